The minimum atomic E-state index is -0.00920. The maximum atomic E-state index is 6.87. The highest BCUT2D eigenvalue weighted by Gasteiger charge is 2.20. The van der Waals surface area contributed by atoms with Crippen LogP contribution in [0.2, 0.25) is 0 Å². The Bertz CT molecular complexity index is 2850. The number of benzene rings is 5. The monoisotopic (exact) mass is 705 g/mol. The van der Waals surface area contributed by atoms with Gasteiger partial charge in [0.25, 0.3) is 0 Å². The van der Waals surface area contributed by atoms with Crippen LogP contribution in [0.25, 0.3) is 71.9 Å². The van der Waals surface area contributed by atoms with E-state index in [1.807, 2.05) is 24.5 Å². The number of nitrogens with zero attached hydrogens (tertiary/aromatic N) is 3. The first-order valence-corrected chi connectivity index (χ1v) is 18.7. The topological polar surface area (TPSA) is 53.1 Å². The Morgan fingerprint density at radius 3 is 2.15 bits per heavy atom. The lowest BCUT2D eigenvalue weighted by atomic mass is 9.88. The maximum Gasteiger partial charge on any atom is 0.161 e. The Kier molecular flexibility index (Phi) is 7.93. The van der Waals surface area contributed by atoms with Crippen molar-refractivity contribution in [3.63, 3.8) is 0 Å². The predicted octanol–water partition coefficient (Wildman–Crippen LogP) is 13.5. The molecule has 0 aliphatic heterocycles. The molecule has 0 saturated heterocycles. The molecule has 5 aromatic carbocycles. The van der Waals surface area contributed by atoms with Crippen LogP contribution in [0, 0.1) is 5.41 Å². The van der Waals surface area contributed by atoms with Crippen LogP contribution in [0.3, 0.4) is 0 Å². The van der Waals surface area contributed by atoms with Gasteiger partial charge in [-0.1, -0.05) is 108 Å². The molecule has 4 heterocycles. The van der Waals surface area contributed by atoms with E-state index >= 15 is 0 Å². The second kappa shape index (κ2) is 12.7. The summed E-state index contributed by atoms with van der Waals surface area (Å²) < 4.78 is 15.7. The predicted molar refractivity (Wildman–Crippen MR) is 223 cm³/mol. The molecule has 9 aromatic rings. The average molecular weight is 706 g/mol. The number of pyridine rings is 2. The van der Waals surface area contributed by atoms with Gasteiger partial charge in [0.1, 0.15) is 28.8 Å². The van der Waals surface area contributed by atoms with E-state index in [9.17, 15) is 0 Å². The Labute approximate surface area is 315 Å². The summed E-state index contributed by atoms with van der Waals surface area (Å²) in [4.78, 5) is 9.73. The molecule has 9 rings (SSSR count). The SMILES string of the molecule is CC(C)(C)Cc1ccc(-c2cc3ccnc(-c4cc(Oc5ccc6c7ccccc7n(-c7cc(C(C)(C)C)ccn7)c6c5)c5ccccc5c4)c3o2)cc1. The number of aromatic nitrogens is 3. The molecule has 4 aromatic heterocycles. The van der Waals surface area contributed by atoms with Crippen molar-refractivity contribution in [2.24, 2.45) is 5.41 Å². The van der Waals surface area contributed by atoms with Crippen LogP contribution in [0.4, 0.5) is 0 Å². The second-order valence-corrected chi connectivity index (χ2v) is 16.6. The van der Waals surface area contributed by atoms with Gasteiger partial charge in [0, 0.05) is 51.1 Å². The van der Waals surface area contributed by atoms with E-state index in [0.717, 1.165) is 84.5 Å². The zero-order valence-electron chi connectivity index (χ0n) is 31.6. The van der Waals surface area contributed by atoms with Crippen LogP contribution in [0.1, 0.15) is 52.7 Å². The highest BCUT2D eigenvalue weighted by molar-refractivity contribution is 6.09. The van der Waals surface area contributed by atoms with Crippen LogP contribution >= 0.6 is 0 Å². The summed E-state index contributed by atoms with van der Waals surface area (Å²) in [6.07, 6.45) is 4.79. The largest absolute Gasteiger partial charge is 0.457 e. The van der Waals surface area contributed by atoms with Crippen LogP contribution in [-0.4, -0.2) is 14.5 Å². The smallest absolute Gasteiger partial charge is 0.161 e. The highest BCUT2D eigenvalue weighted by atomic mass is 16.5. The average Bonchev–Trinajstić information content (AvgIpc) is 3.74. The van der Waals surface area contributed by atoms with Gasteiger partial charge in [0.05, 0.1) is 11.0 Å². The molecule has 0 spiro atoms. The fraction of sp³-hybridized carbons (Fsp3) is 0.184. The molecule has 0 N–H and O–H groups in total. The molecule has 0 radical (unpaired) electrons. The van der Waals surface area contributed by atoms with Gasteiger partial charge in [-0.2, -0.15) is 0 Å². The fourth-order valence-electron chi connectivity index (χ4n) is 7.60. The highest BCUT2D eigenvalue weighted by Crippen LogP contribution is 2.41. The molecule has 0 fully saturated rings. The third-order valence-electron chi connectivity index (χ3n) is 10.2. The Morgan fingerprint density at radius 2 is 1.35 bits per heavy atom. The second-order valence-electron chi connectivity index (χ2n) is 16.6. The van der Waals surface area contributed by atoms with Crippen LogP contribution in [-0.2, 0) is 11.8 Å². The molecule has 0 aliphatic carbocycles. The molecule has 0 aliphatic rings. The van der Waals surface area contributed by atoms with Gasteiger partial charge in [0.2, 0.25) is 0 Å². The van der Waals surface area contributed by atoms with E-state index in [4.69, 9.17) is 19.1 Å². The van der Waals surface area contributed by atoms with E-state index in [1.165, 1.54) is 16.5 Å². The molecule has 54 heavy (non-hydrogen) atoms. The number of ether oxygens (including phenoxy) is 1. The molecular weight excluding hydrogens is 663 g/mol. The molecule has 0 saturated carbocycles. The quantitative estimate of drug-likeness (QED) is 0.173. The Balaban J connectivity index is 1.13. The van der Waals surface area contributed by atoms with E-state index < -0.39 is 0 Å². The zero-order chi connectivity index (χ0) is 37.2. The third kappa shape index (κ3) is 6.20. The first kappa shape index (κ1) is 33.6. The minimum Gasteiger partial charge on any atom is -0.457 e. The van der Waals surface area contributed by atoms with E-state index in [2.05, 4.69) is 161 Å². The summed E-state index contributed by atoms with van der Waals surface area (Å²) in [7, 11) is 0. The number of hydrogen-bond donors (Lipinski definition) is 0. The lowest BCUT2D eigenvalue weighted by molar-refractivity contribution is 0.411. The molecule has 5 nitrogen and oxygen atoms in total. The summed E-state index contributed by atoms with van der Waals surface area (Å²) in [5, 5.41) is 5.40. The molecule has 0 unspecified atom stereocenters. The summed E-state index contributed by atoms with van der Waals surface area (Å²) in [6, 6.07) is 44.6. The maximum absolute atomic E-state index is 6.87. The van der Waals surface area contributed by atoms with Crippen LogP contribution in [0.15, 0.2) is 144 Å². The number of rotatable bonds is 6. The number of furan rings is 1. The van der Waals surface area contributed by atoms with Crippen LogP contribution in [0.5, 0.6) is 11.5 Å². The van der Waals surface area contributed by atoms with Gasteiger partial charge >= 0.3 is 0 Å². The lowest BCUT2D eigenvalue weighted by Crippen LogP contribution is -2.12. The van der Waals surface area contributed by atoms with Gasteiger partial charge in [-0.15, -0.1) is 0 Å². The van der Waals surface area contributed by atoms with Crippen molar-refractivity contribution in [2.45, 2.75) is 53.4 Å². The zero-order valence-corrected chi connectivity index (χ0v) is 31.6. The van der Waals surface area contributed by atoms with E-state index in [1.54, 1.807) is 0 Å². The summed E-state index contributed by atoms with van der Waals surface area (Å²) >= 11 is 0. The van der Waals surface area contributed by atoms with Crippen molar-refractivity contribution < 1.29 is 9.15 Å². The normalized spacial score (nSPS) is 12.3. The molecular formula is C49H43N3O2. The minimum absolute atomic E-state index is 0.00920. The Hall–Kier alpha value is -6.20. The molecule has 0 atom stereocenters. The molecule has 266 valence electrons. The number of para-hydroxylation sites is 1. The summed E-state index contributed by atoms with van der Waals surface area (Å²) in [5.41, 5.74) is 8.41. The van der Waals surface area contributed by atoms with Crippen molar-refractivity contribution in [3.8, 4) is 39.9 Å². The van der Waals surface area contributed by atoms with Gasteiger partial charge in [0.15, 0.2) is 5.58 Å². The lowest BCUT2D eigenvalue weighted by Gasteiger charge is -2.20. The summed E-state index contributed by atoms with van der Waals surface area (Å²) in [6.45, 7) is 13.5. The van der Waals surface area contributed by atoms with Gasteiger partial charge in [-0.3, -0.25) is 9.55 Å². The van der Waals surface area contributed by atoms with Crippen molar-refractivity contribution in [2.75, 3.05) is 0 Å². The van der Waals surface area contributed by atoms with Crippen molar-refractivity contribution in [3.05, 3.63) is 151 Å². The molecule has 0 amide bonds. The van der Waals surface area contributed by atoms with Crippen LogP contribution < -0.4 is 4.74 Å². The fourth-order valence-corrected chi connectivity index (χ4v) is 7.60. The van der Waals surface area contributed by atoms with Crippen molar-refractivity contribution >= 4 is 43.5 Å². The van der Waals surface area contributed by atoms with Gasteiger partial charge < -0.3 is 9.15 Å². The number of fused-ring (bicyclic) bond motifs is 5. The van der Waals surface area contributed by atoms with Gasteiger partial charge in [-0.05, 0) is 88.4 Å². The molecule has 0 bridgehead atoms. The first-order valence-electron chi connectivity index (χ1n) is 18.7. The van der Waals surface area contributed by atoms with Crippen molar-refractivity contribution in [1.82, 2.24) is 14.5 Å². The number of hydrogen-bond acceptors (Lipinski definition) is 4. The molecule has 5 heteroatoms. The van der Waals surface area contributed by atoms with Gasteiger partial charge in [-0.25, -0.2) is 4.98 Å². The van der Waals surface area contributed by atoms with Crippen molar-refractivity contribution in [1.29, 1.82) is 0 Å². The summed E-state index contributed by atoms with van der Waals surface area (Å²) in [5.74, 6) is 3.20. The first-order chi connectivity index (χ1) is 26.0. The Morgan fingerprint density at radius 1 is 0.611 bits per heavy atom. The third-order valence-corrected chi connectivity index (χ3v) is 10.2. The van der Waals surface area contributed by atoms with E-state index in [0.29, 0.717) is 0 Å². The standard InChI is InChI=1S/C49H43N3O2/c1-48(2,3)30-31-15-17-32(18-16-31)43-26-34-21-23-51-46(47(34)54-43)35-25-33-11-7-8-12-38(33)44(27-35)53-37-19-20-40-39-13-9-10-14-41(39)52(42(40)29-37)45-28-36(22-24-50-45)49(4,5)6/h7-29H,30H2,1-6H3. The van der Waals surface area contributed by atoms with E-state index in [-0.39, 0.29) is 10.8 Å².